The standard InChI is InChI=1S/C21H20N6O3S/c1-13(28)22-15-9-11-16(12-10-15)31(29,30)26(2)20-21-25-24-19(14-7-8-14)27(21)18-6-4-3-5-17(18)23-20/h3-6,9-12,14H,7-8H2,1-2H3,(H,22,28). The Balaban J connectivity index is 1.63. The van der Waals surface area contributed by atoms with Crippen LogP contribution in [0.15, 0.2) is 53.4 Å². The molecule has 2 aromatic carbocycles. The van der Waals surface area contributed by atoms with E-state index in [0.717, 1.165) is 28.5 Å². The van der Waals surface area contributed by atoms with Gasteiger partial charge in [0.05, 0.1) is 15.9 Å². The second-order valence-electron chi connectivity index (χ2n) is 7.59. The first-order valence-electron chi connectivity index (χ1n) is 9.86. The molecule has 158 valence electrons. The number of nitrogens with one attached hydrogen (secondary N) is 1. The van der Waals surface area contributed by atoms with Gasteiger partial charge in [-0.15, -0.1) is 10.2 Å². The van der Waals surface area contributed by atoms with E-state index in [4.69, 9.17) is 0 Å². The summed E-state index contributed by atoms with van der Waals surface area (Å²) >= 11 is 0. The zero-order valence-electron chi connectivity index (χ0n) is 17.0. The number of para-hydroxylation sites is 2. The number of hydrogen-bond acceptors (Lipinski definition) is 6. The third-order valence-corrected chi connectivity index (χ3v) is 7.07. The Labute approximate surface area is 178 Å². The van der Waals surface area contributed by atoms with Crippen molar-refractivity contribution in [2.75, 3.05) is 16.7 Å². The van der Waals surface area contributed by atoms with Gasteiger partial charge in [0, 0.05) is 25.6 Å². The number of aromatic nitrogens is 4. The molecule has 1 aliphatic rings. The quantitative estimate of drug-likeness (QED) is 0.515. The van der Waals surface area contributed by atoms with E-state index in [1.54, 1.807) is 12.1 Å². The summed E-state index contributed by atoms with van der Waals surface area (Å²) in [4.78, 5) is 15.9. The van der Waals surface area contributed by atoms with Crippen LogP contribution in [0, 0.1) is 0 Å². The molecule has 0 aliphatic heterocycles. The van der Waals surface area contributed by atoms with Crippen molar-refractivity contribution in [3.63, 3.8) is 0 Å². The summed E-state index contributed by atoms with van der Waals surface area (Å²) in [5, 5.41) is 11.3. The number of sulfonamides is 1. The van der Waals surface area contributed by atoms with Crippen molar-refractivity contribution < 1.29 is 13.2 Å². The summed E-state index contributed by atoms with van der Waals surface area (Å²) in [5.74, 6) is 1.15. The van der Waals surface area contributed by atoms with Crippen molar-refractivity contribution in [3.8, 4) is 0 Å². The first kappa shape index (κ1) is 19.4. The van der Waals surface area contributed by atoms with Crippen molar-refractivity contribution >= 4 is 44.1 Å². The number of hydrogen-bond donors (Lipinski definition) is 1. The lowest BCUT2D eigenvalue weighted by Crippen LogP contribution is -2.28. The molecule has 9 nitrogen and oxygen atoms in total. The van der Waals surface area contributed by atoms with Crippen LogP contribution in [0.25, 0.3) is 16.7 Å². The van der Waals surface area contributed by atoms with Crippen LogP contribution >= 0.6 is 0 Å². The van der Waals surface area contributed by atoms with Crippen LogP contribution in [-0.2, 0) is 14.8 Å². The highest BCUT2D eigenvalue weighted by atomic mass is 32.2. The summed E-state index contributed by atoms with van der Waals surface area (Å²) < 4.78 is 29.7. The molecule has 0 atom stereocenters. The van der Waals surface area contributed by atoms with Gasteiger partial charge < -0.3 is 5.32 Å². The molecule has 5 rings (SSSR count). The maximum atomic E-state index is 13.3. The lowest BCUT2D eigenvalue weighted by Gasteiger charge is -2.20. The average Bonchev–Trinajstić information content (AvgIpc) is 3.50. The van der Waals surface area contributed by atoms with E-state index < -0.39 is 10.0 Å². The summed E-state index contributed by atoms with van der Waals surface area (Å²) in [7, 11) is -2.46. The van der Waals surface area contributed by atoms with Crippen molar-refractivity contribution in [1.82, 2.24) is 19.6 Å². The smallest absolute Gasteiger partial charge is 0.265 e. The van der Waals surface area contributed by atoms with E-state index in [1.807, 2.05) is 28.7 Å². The third kappa shape index (κ3) is 3.28. The van der Waals surface area contributed by atoms with Gasteiger partial charge in [-0.25, -0.2) is 17.7 Å². The highest BCUT2D eigenvalue weighted by Gasteiger charge is 2.32. The molecular formula is C21H20N6O3S. The van der Waals surface area contributed by atoms with Gasteiger partial charge in [0.15, 0.2) is 5.82 Å². The summed E-state index contributed by atoms with van der Waals surface area (Å²) in [5.41, 5.74) is 2.43. The van der Waals surface area contributed by atoms with Crippen molar-refractivity contribution in [2.45, 2.75) is 30.6 Å². The number of anilines is 2. The predicted octanol–water partition coefficient (Wildman–Crippen LogP) is 2.94. The Morgan fingerprint density at radius 2 is 1.81 bits per heavy atom. The average molecular weight is 436 g/mol. The van der Waals surface area contributed by atoms with Crippen LogP contribution < -0.4 is 9.62 Å². The van der Waals surface area contributed by atoms with Gasteiger partial charge in [0.2, 0.25) is 11.6 Å². The highest BCUT2D eigenvalue weighted by Crippen LogP contribution is 2.40. The molecule has 0 bridgehead atoms. The molecule has 1 amide bonds. The summed E-state index contributed by atoms with van der Waals surface area (Å²) in [6, 6.07) is 13.6. The predicted molar refractivity (Wildman–Crippen MR) is 117 cm³/mol. The highest BCUT2D eigenvalue weighted by molar-refractivity contribution is 7.92. The van der Waals surface area contributed by atoms with Crippen LogP contribution in [0.1, 0.15) is 31.5 Å². The maximum Gasteiger partial charge on any atom is 0.265 e. The van der Waals surface area contributed by atoms with Crippen LogP contribution in [-0.4, -0.2) is 41.0 Å². The minimum Gasteiger partial charge on any atom is -0.326 e. The van der Waals surface area contributed by atoms with Crippen molar-refractivity contribution in [3.05, 3.63) is 54.4 Å². The van der Waals surface area contributed by atoms with E-state index in [2.05, 4.69) is 20.5 Å². The Bertz CT molecular complexity index is 1430. The number of rotatable bonds is 5. The topological polar surface area (TPSA) is 110 Å². The fourth-order valence-corrected chi connectivity index (χ4v) is 4.74. The van der Waals surface area contributed by atoms with Crippen LogP contribution in [0.3, 0.4) is 0 Å². The SMILES string of the molecule is CC(=O)Nc1ccc(S(=O)(=O)N(C)c2nc3ccccc3n3c(C4CC4)nnc23)cc1. The molecular weight excluding hydrogens is 416 g/mol. The molecule has 10 heteroatoms. The fraction of sp³-hybridized carbons (Fsp3) is 0.238. The molecule has 0 saturated heterocycles. The normalized spacial score (nSPS) is 14.1. The van der Waals surface area contributed by atoms with E-state index in [0.29, 0.717) is 22.8 Å². The first-order valence-corrected chi connectivity index (χ1v) is 11.3. The Morgan fingerprint density at radius 1 is 1.10 bits per heavy atom. The lowest BCUT2D eigenvalue weighted by molar-refractivity contribution is -0.114. The number of benzene rings is 2. The van der Waals surface area contributed by atoms with Gasteiger partial charge in [-0.3, -0.25) is 9.20 Å². The molecule has 1 aliphatic carbocycles. The van der Waals surface area contributed by atoms with Gasteiger partial charge in [-0.1, -0.05) is 12.1 Å². The summed E-state index contributed by atoms with van der Waals surface area (Å²) in [6.45, 7) is 1.39. The minimum atomic E-state index is -3.92. The van der Waals surface area contributed by atoms with Crippen LogP contribution in [0.2, 0.25) is 0 Å². The monoisotopic (exact) mass is 436 g/mol. The van der Waals surface area contributed by atoms with Gasteiger partial charge in [0.25, 0.3) is 10.0 Å². The van der Waals surface area contributed by atoms with Crippen LogP contribution in [0.5, 0.6) is 0 Å². The van der Waals surface area contributed by atoms with Gasteiger partial charge in [-0.05, 0) is 49.2 Å². The number of nitrogens with zero attached hydrogens (tertiary/aromatic N) is 5. The Kier molecular flexibility index (Phi) is 4.40. The molecule has 31 heavy (non-hydrogen) atoms. The zero-order chi connectivity index (χ0) is 21.8. The largest absolute Gasteiger partial charge is 0.326 e. The lowest BCUT2D eigenvalue weighted by atomic mass is 10.3. The fourth-order valence-electron chi connectivity index (χ4n) is 3.59. The van der Waals surface area contributed by atoms with E-state index in [1.165, 1.54) is 26.1 Å². The first-order chi connectivity index (χ1) is 14.9. The number of fused-ring (bicyclic) bond motifs is 3. The maximum absolute atomic E-state index is 13.3. The van der Waals surface area contributed by atoms with Gasteiger partial charge in [0.1, 0.15) is 5.82 Å². The minimum absolute atomic E-state index is 0.0825. The molecule has 1 N–H and O–H groups in total. The zero-order valence-corrected chi connectivity index (χ0v) is 17.8. The molecule has 0 spiro atoms. The van der Waals surface area contributed by atoms with Gasteiger partial charge >= 0.3 is 0 Å². The van der Waals surface area contributed by atoms with Gasteiger partial charge in [-0.2, -0.15) is 0 Å². The number of carbonyl (C=O) groups is 1. The van der Waals surface area contributed by atoms with E-state index in [9.17, 15) is 13.2 Å². The van der Waals surface area contributed by atoms with E-state index in [-0.39, 0.29) is 16.6 Å². The Morgan fingerprint density at radius 3 is 2.48 bits per heavy atom. The molecule has 4 aromatic rings. The molecule has 2 aromatic heterocycles. The number of amides is 1. The molecule has 0 radical (unpaired) electrons. The molecule has 2 heterocycles. The van der Waals surface area contributed by atoms with E-state index >= 15 is 0 Å². The summed E-state index contributed by atoms with van der Waals surface area (Å²) in [6.07, 6.45) is 2.09. The third-order valence-electron chi connectivity index (χ3n) is 5.31. The molecule has 1 saturated carbocycles. The van der Waals surface area contributed by atoms with Crippen molar-refractivity contribution in [2.24, 2.45) is 0 Å². The second kappa shape index (κ2) is 7.02. The second-order valence-corrected chi connectivity index (χ2v) is 9.56. The molecule has 0 unspecified atom stereocenters. The molecule has 1 fully saturated rings. The number of carbonyl (C=O) groups excluding carboxylic acids is 1. The van der Waals surface area contributed by atoms with Crippen molar-refractivity contribution in [1.29, 1.82) is 0 Å². The Hall–Kier alpha value is -3.53. The van der Waals surface area contributed by atoms with Crippen LogP contribution in [0.4, 0.5) is 11.5 Å².